The maximum absolute atomic E-state index is 11.6. The third kappa shape index (κ3) is 1.48. The van der Waals surface area contributed by atoms with Crippen molar-refractivity contribution in [3.05, 3.63) is 23.0 Å². The molecule has 0 saturated heterocycles. The van der Waals surface area contributed by atoms with E-state index in [-0.39, 0.29) is 22.9 Å². The van der Waals surface area contributed by atoms with Crippen molar-refractivity contribution in [2.45, 2.75) is 19.8 Å². The summed E-state index contributed by atoms with van der Waals surface area (Å²) in [7, 11) is 0. The van der Waals surface area contributed by atoms with E-state index in [1.165, 1.54) is 6.08 Å². The molecule has 0 aromatic rings. The van der Waals surface area contributed by atoms with Gasteiger partial charge in [-0.15, -0.1) is 0 Å². The molecule has 98 valence electrons. The number of carbonyl (C=O) groups is 2. The van der Waals surface area contributed by atoms with E-state index in [0.717, 1.165) is 12.8 Å². The van der Waals surface area contributed by atoms with Gasteiger partial charge in [0.2, 0.25) is 0 Å². The normalized spacial score (nSPS) is 32.1. The molecular formula is C12H16N2O4. The second-order valence-corrected chi connectivity index (χ2v) is 4.97. The fourth-order valence-corrected chi connectivity index (χ4v) is 2.84. The van der Waals surface area contributed by atoms with Gasteiger partial charge in [0.05, 0.1) is 22.4 Å². The summed E-state index contributed by atoms with van der Waals surface area (Å²) < 4.78 is 0. The standard InChI is InChI=1S/C12H16N2O4/c1-5-8(10(15)16)9(14)7(13)4-12(5,11(17)18)6-2-3-6/h4-6H,2-3,13-14H2,1H3,(H,15,16)(H,17,18). The second-order valence-electron chi connectivity index (χ2n) is 4.97. The Morgan fingerprint density at radius 3 is 2.28 bits per heavy atom. The van der Waals surface area contributed by atoms with E-state index in [1.807, 2.05) is 0 Å². The lowest BCUT2D eigenvalue weighted by Gasteiger charge is -2.37. The molecule has 1 saturated carbocycles. The average molecular weight is 252 g/mol. The van der Waals surface area contributed by atoms with Crippen LogP contribution in [0.15, 0.2) is 23.0 Å². The summed E-state index contributed by atoms with van der Waals surface area (Å²) in [6, 6.07) is 0. The number of carboxylic acid groups (broad SMARTS) is 2. The van der Waals surface area contributed by atoms with Crippen LogP contribution in [0.1, 0.15) is 19.8 Å². The molecule has 0 bridgehead atoms. The summed E-state index contributed by atoms with van der Waals surface area (Å²) in [5.41, 5.74) is 10.1. The lowest BCUT2D eigenvalue weighted by atomic mass is 9.65. The van der Waals surface area contributed by atoms with Crippen LogP contribution >= 0.6 is 0 Å². The Morgan fingerprint density at radius 1 is 1.33 bits per heavy atom. The van der Waals surface area contributed by atoms with Crippen LogP contribution in [-0.4, -0.2) is 22.2 Å². The highest BCUT2D eigenvalue weighted by atomic mass is 16.4. The zero-order chi connectivity index (χ0) is 13.7. The molecule has 0 radical (unpaired) electrons. The summed E-state index contributed by atoms with van der Waals surface area (Å²) >= 11 is 0. The first kappa shape index (κ1) is 12.5. The van der Waals surface area contributed by atoms with Crippen LogP contribution in [-0.2, 0) is 9.59 Å². The first-order valence-corrected chi connectivity index (χ1v) is 5.77. The highest BCUT2D eigenvalue weighted by Gasteiger charge is 2.57. The van der Waals surface area contributed by atoms with Crippen LogP contribution in [0.25, 0.3) is 0 Å². The van der Waals surface area contributed by atoms with Crippen molar-refractivity contribution in [3.63, 3.8) is 0 Å². The van der Waals surface area contributed by atoms with Crippen molar-refractivity contribution in [3.8, 4) is 0 Å². The average Bonchev–Trinajstić information content (AvgIpc) is 3.06. The van der Waals surface area contributed by atoms with Gasteiger partial charge in [0.25, 0.3) is 0 Å². The Hall–Kier alpha value is -1.98. The molecule has 6 heteroatoms. The van der Waals surface area contributed by atoms with Gasteiger partial charge in [0.1, 0.15) is 0 Å². The molecule has 6 N–H and O–H groups in total. The van der Waals surface area contributed by atoms with Gasteiger partial charge in [0, 0.05) is 5.92 Å². The molecule has 1 fully saturated rings. The van der Waals surface area contributed by atoms with Gasteiger partial charge in [-0.05, 0) is 24.8 Å². The van der Waals surface area contributed by atoms with Gasteiger partial charge in [-0.25, -0.2) is 4.79 Å². The van der Waals surface area contributed by atoms with Gasteiger partial charge in [-0.2, -0.15) is 0 Å². The predicted octanol–water partition coefficient (Wildman–Crippen LogP) is 0.257. The molecular weight excluding hydrogens is 236 g/mol. The van der Waals surface area contributed by atoms with Crippen molar-refractivity contribution in [2.75, 3.05) is 0 Å². The molecule has 0 aromatic heterocycles. The summed E-state index contributed by atoms with van der Waals surface area (Å²) in [5, 5.41) is 18.7. The smallest absolute Gasteiger partial charge is 0.334 e. The van der Waals surface area contributed by atoms with Crippen LogP contribution in [0.4, 0.5) is 0 Å². The van der Waals surface area contributed by atoms with Crippen molar-refractivity contribution in [1.82, 2.24) is 0 Å². The highest BCUT2D eigenvalue weighted by Crippen LogP contribution is 2.55. The van der Waals surface area contributed by atoms with E-state index >= 15 is 0 Å². The lowest BCUT2D eigenvalue weighted by Crippen LogP contribution is -2.44. The first-order valence-electron chi connectivity index (χ1n) is 5.77. The van der Waals surface area contributed by atoms with Crippen molar-refractivity contribution < 1.29 is 19.8 Å². The van der Waals surface area contributed by atoms with Gasteiger partial charge in [-0.3, -0.25) is 4.79 Å². The maximum Gasteiger partial charge on any atom is 0.334 e. The van der Waals surface area contributed by atoms with Gasteiger partial charge < -0.3 is 21.7 Å². The molecule has 2 aliphatic carbocycles. The zero-order valence-electron chi connectivity index (χ0n) is 10.0. The van der Waals surface area contributed by atoms with E-state index in [4.69, 9.17) is 11.5 Å². The molecule has 6 nitrogen and oxygen atoms in total. The maximum atomic E-state index is 11.6. The van der Waals surface area contributed by atoms with Crippen LogP contribution in [0.2, 0.25) is 0 Å². The second kappa shape index (κ2) is 3.76. The number of nitrogens with two attached hydrogens (primary N) is 2. The molecule has 2 aliphatic rings. The third-order valence-corrected chi connectivity index (χ3v) is 4.00. The predicted molar refractivity (Wildman–Crippen MR) is 63.1 cm³/mol. The Balaban J connectivity index is 2.60. The van der Waals surface area contributed by atoms with Gasteiger partial charge >= 0.3 is 11.9 Å². The summed E-state index contributed by atoms with van der Waals surface area (Å²) in [4.78, 5) is 22.9. The fraction of sp³-hybridized carbons (Fsp3) is 0.500. The topological polar surface area (TPSA) is 127 Å². The van der Waals surface area contributed by atoms with Crippen LogP contribution in [0.5, 0.6) is 0 Å². The molecule has 2 rings (SSSR count). The summed E-state index contributed by atoms with van der Waals surface area (Å²) in [6.07, 6.45) is 2.97. The van der Waals surface area contributed by atoms with Crippen LogP contribution < -0.4 is 11.5 Å². The van der Waals surface area contributed by atoms with Crippen LogP contribution in [0, 0.1) is 17.3 Å². The highest BCUT2D eigenvalue weighted by molar-refractivity contribution is 5.92. The molecule has 2 unspecified atom stereocenters. The minimum Gasteiger partial charge on any atom is -0.481 e. The SMILES string of the molecule is CC1C(C(=O)O)=C(N)C(N)=CC1(C(=O)O)C1CC1. The molecule has 2 atom stereocenters. The number of rotatable bonds is 3. The quantitative estimate of drug-likeness (QED) is 0.570. The first-order chi connectivity index (χ1) is 8.32. The molecule has 0 spiro atoms. The minimum atomic E-state index is -1.24. The number of aliphatic carboxylic acids is 2. The summed E-state index contributed by atoms with van der Waals surface area (Å²) in [6.45, 7) is 1.59. The minimum absolute atomic E-state index is 0.0208. The molecule has 0 amide bonds. The van der Waals surface area contributed by atoms with E-state index in [2.05, 4.69) is 0 Å². The monoisotopic (exact) mass is 252 g/mol. The Morgan fingerprint density at radius 2 is 1.89 bits per heavy atom. The number of carboxylic acids is 2. The fourth-order valence-electron chi connectivity index (χ4n) is 2.84. The molecule has 0 aromatic carbocycles. The van der Waals surface area contributed by atoms with E-state index in [9.17, 15) is 19.8 Å². The molecule has 0 aliphatic heterocycles. The van der Waals surface area contributed by atoms with Crippen molar-refractivity contribution in [2.24, 2.45) is 28.7 Å². The van der Waals surface area contributed by atoms with Crippen molar-refractivity contribution in [1.29, 1.82) is 0 Å². The van der Waals surface area contributed by atoms with Gasteiger partial charge in [0.15, 0.2) is 0 Å². The Kier molecular flexibility index (Phi) is 2.61. The number of hydrogen-bond donors (Lipinski definition) is 4. The van der Waals surface area contributed by atoms with E-state index < -0.39 is 23.3 Å². The largest absolute Gasteiger partial charge is 0.481 e. The van der Waals surface area contributed by atoms with Crippen molar-refractivity contribution >= 4 is 11.9 Å². The number of hydrogen-bond acceptors (Lipinski definition) is 4. The third-order valence-electron chi connectivity index (χ3n) is 4.00. The molecule has 0 heterocycles. The van der Waals surface area contributed by atoms with Gasteiger partial charge in [-0.1, -0.05) is 6.92 Å². The van der Waals surface area contributed by atoms with E-state index in [0.29, 0.717) is 0 Å². The Bertz CT molecular complexity index is 490. The summed E-state index contributed by atoms with van der Waals surface area (Å²) in [5.74, 6) is -2.99. The lowest BCUT2D eigenvalue weighted by molar-refractivity contribution is -0.150. The van der Waals surface area contributed by atoms with E-state index in [1.54, 1.807) is 6.92 Å². The van der Waals surface area contributed by atoms with Crippen LogP contribution in [0.3, 0.4) is 0 Å². The molecule has 18 heavy (non-hydrogen) atoms. The Labute approximate surface area is 104 Å². The zero-order valence-corrected chi connectivity index (χ0v) is 10.0.